The molecule has 0 unspecified atom stereocenters. The van der Waals surface area contributed by atoms with E-state index < -0.39 is 5.60 Å². The summed E-state index contributed by atoms with van der Waals surface area (Å²) in [6.07, 6.45) is 2.71. The summed E-state index contributed by atoms with van der Waals surface area (Å²) in [6.45, 7) is 8.22. The van der Waals surface area contributed by atoms with Gasteiger partial charge in [0, 0.05) is 37.9 Å². The zero-order valence-corrected chi connectivity index (χ0v) is 13.2. The lowest BCUT2D eigenvalue weighted by molar-refractivity contribution is 0.0240. The quantitative estimate of drug-likeness (QED) is 0.513. The summed E-state index contributed by atoms with van der Waals surface area (Å²) in [5.41, 5.74) is 0.262. The van der Waals surface area contributed by atoms with Crippen LogP contribution in [-0.4, -0.2) is 59.2 Å². The molecule has 0 aromatic carbocycles. The van der Waals surface area contributed by atoms with Gasteiger partial charge in [0.1, 0.15) is 11.4 Å². The Morgan fingerprint density at radius 2 is 2.00 bits per heavy atom. The maximum Gasteiger partial charge on any atom is 0.410 e. The minimum atomic E-state index is -0.472. The summed E-state index contributed by atoms with van der Waals surface area (Å²) < 4.78 is 5.38. The van der Waals surface area contributed by atoms with Gasteiger partial charge in [-0.15, -0.1) is 0 Å². The number of amides is 1. The minimum absolute atomic E-state index is 0.269. The first kappa shape index (κ1) is 16.1. The molecule has 1 aromatic heterocycles. The molecule has 22 heavy (non-hydrogen) atoms. The first-order valence-electron chi connectivity index (χ1n) is 7.25. The van der Waals surface area contributed by atoms with Crippen LogP contribution in [0.25, 0.3) is 0 Å². The van der Waals surface area contributed by atoms with Gasteiger partial charge in [-0.25, -0.2) is 9.78 Å². The third-order valence-corrected chi connectivity index (χ3v) is 3.23. The zero-order valence-electron chi connectivity index (χ0n) is 13.2. The highest BCUT2D eigenvalue weighted by Gasteiger charge is 2.26. The molecule has 0 bridgehead atoms. The highest BCUT2D eigenvalue weighted by Crippen LogP contribution is 2.16. The Kier molecular flexibility index (Phi) is 4.85. The van der Waals surface area contributed by atoms with Gasteiger partial charge in [-0.3, -0.25) is 0 Å². The Bertz CT molecular complexity index is 529. The van der Waals surface area contributed by atoms with Gasteiger partial charge in [-0.2, -0.15) is 0 Å². The van der Waals surface area contributed by atoms with Crippen LogP contribution in [0.5, 0.6) is 0 Å². The van der Waals surface area contributed by atoms with Crippen molar-refractivity contribution in [3.8, 4) is 0 Å². The number of carbonyl (C=O) groups excluding carboxylic acids is 1. The summed E-state index contributed by atoms with van der Waals surface area (Å²) in [6, 6.07) is 3.71. The van der Waals surface area contributed by atoms with Gasteiger partial charge >= 0.3 is 6.09 Å². The third-order valence-electron chi connectivity index (χ3n) is 3.23. The summed E-state index contributed by atoms with van der Waals surface area (Å²) in [5.74, 6) is 0.846. The minimum Gasteiger partial charge on any atom is -0.444 e. The second-order valence-electron chi connectivity index (χ2n) is 6.15. The first-order chi connectivity index (χ1) is 10.4. The zero-order chi connectivity index (χ0) is 16.2. The molecule has 1 amide bonds. The molecule has 0 aliphatic carbocycles. The van der Waals surface area contributed by atoms with Crippen molar-refractivity contribution < 1.29 is 14.7 Å². The predicted molar refractivity (Wildman–Crippen MR) is 83.6 cm³/mol. The predicted octanol–water partition coefficient (Wildman–Crippen LogP) is 1.95. The third kappa shape index (κ3) is 4.34. The van der Waals surface area contributed by atoms with Crippen LogP contribution in [0.3, 0.4) is 0 Å². The summed E-state index contributed by atoms with van der Waals surface area (Å²) >= 11 is 0. The standard InChI is InChI=1S/C15H22N4O3/c1-15(2,3)22-14(20)19-8-6-18(7-9-19)13-5-4-12(10-16-13)11-17-21/h4-5,10-11,21H,6-9H2,1-3H3/b17-11-. The van der Waals surface area contributed by atoms with Gasteiger partial charge in [0.05, 0.1) is 6.21 Å². The van der Waals surface area contributed by atoms with Gasteiger partial charge < -0.3 is 19.7 Å². The van der Waals surface area contributed by atoms with Crippen molar-refractivity contribution in [2.24, 2.45) is 5.16 Å². The fourth-order valence-corrected chi connectivity index (χ4v) is 2.17. The fraction of sp³-hybridized carbons (Fsp3) is 0.533. The Hall–Kier alpha value is -2.31. The van der Waals surface area contributed by atoms with Crippen molar-refractivity contribution in [1.82, 2.24) is 9.88 Å². The van der Waals surface area contributed by atoms with E-state index in [0.717, 1.165) is 11.4 Å². The first-order valence-corrected chi connectivity index (χ1v) is 7.25. The SMILES string of the molecule is CC(C)(C)OC(=O)N1CCN(c2ccc(/C=N\O)cn2)CC1. The van der Waals surface area contributed by atoms with E-state index in [-0.39, 0.29) is 6.09 Å². The van der Waals surface area contributed by atoms with Crippen LogP contribution in [-0.2, 0) is 4.74 Å². The molecule has 7 heteroatoms. The average Bonchev–Trinajstić information content (AvgIpc) is 2.47. The fourth-order valence-electron chi connectivity index (χ4n) is 2.17. The van der Waals surface area contributed by atoms with Crippen molar-refractivity contribution in [3.05, 3.63) is 23.9 Å². The lowest BCUT2D eigenvalue weighted by atomic mass is 10.2. The van der Waals surface area contributed by atoms with E-state index in [1.165, 1.54) is 6.21 Å². The highest BCUT2D eigenvalue weighted by molar-refractivity contribution is 5.78. The molecule has 1 fully saturated rings. The molecule has 0 saturated carbocycles. The average molecular weight is 306 g/mol. The van der Waals surface area contributed by atoms with Crippen LogP contribution in [0.15, 0.2) is 23.5 Å². The molecule has 1 aliphatic rings. The van der Waals surface area contributed by atoms with Crippen LogP contribution in [0.2, 0.25) is 0 Å². The largest absolute Gasteiger partial charge is 0.444 e. The number of pyridine rings is 1. The van der Waals surface area contributed by atoms with Crippen LogP contribution in [0.4, 0.5) is 10.6 Å². The Balaban J connectivity index is 1.90. The number of hydrogen-bond donors (Lipinski definition) is 1. The molecule has 2 heterocycles. The molecule has 1 saturated heterocycles. The molecule has 7 nitrogen and oxygen atoms in total. The smallest absolute Gasteiger partial charge is 0.410 e. The van der Waals surface area contributed by atoms with Crippen LogP contribution in [0.1, 0.15) is 26.3 Å². The molecule has 2 rings (SSSR count). The number of ether oxygens (including phenoxy) is 1. The van der Waals surface area contributed by atoms with E-state index in [4.69, 9.17) is 9.94 Å². The van der Waals surface area contributed by atoms with Gasteiger partial charge in [0.15, 0.2) is 0 Å². The molecule has 1 N–H and O–H groups in total. The number of aromatic nitrogens is 1. The van der Waals surface area contributed by atoms with E-state index >= 15 is 0 Å². The van der Waals surface area contributed by atoms with Crippen molar-refractivity contribution in [2.45, 2.75) is 26.4 Å². The lowest BCUT2D eigenvalue weighted by Crippen LogP contribution is -2.50. The Labute approximate surface area is 130 Å². The number of oxime groups is 1. The van der Waals surface area contributed by atoms with E-state index in [1.807, 2.05) is 32.9 Å². The van der Waals surface area contributed by atoms with Crippen molar-refractivity contribution in [3.63, 3.8) is 0 Å². The molecular formula is C15H22N4O3. The number of rotatable bonds is 2. The van der Waals surface area contributed by atoms with Crippen molar-refractivity contribution in [2.75, 3.05) is 31.1 Å². The van der Waals surface area contributed by atoms with Crippen molar-refractivity contribution >= 4 is 18.1 Å². The topological polar surface area (TPSA) is 78.3 Å². The lowest BCUT2D eigenvalue weighted by Gasteiger charge is -2.36. The number of carbonyl (C=O) groups is 1. The Morgan fingerprint density at radius 3 is 2.50 bits per heavy atom. The van der Waals surface area contributed by atoms with Gasteiger partial charge in [0.2, 0.25) is 0 Å². The maximum absolute atomic E-state index is 12.0. The van der Waals surface area contributed by atoms with Crippen LogP contribution < -0.4 is 4.90 Å². The summed E-state index contributed by atoms with van der Waals surface area (Å²) in [7, 11) is 0. The summed E-state index contributed by atoms with van der Waals surface area (Å²) in [4.78, 5) is 20.2. The van der Waals surface area contributed by atoms with E-state index in [2.05, 4.69) is 15.0 Å². The van der Waals surface area contributed by atoms with E-state index in [9.17, 15) is 4.79 Å². The summed E-state index contributed by atoms with van der Waals surface area (Å²) in [5, 5.41) is 11.5. The second-order valence-corrected chi connectivity index (χ2v) is 6.15. The van der Waals surface area contributed by atoms with Gasteiger partial charge in [-0.1, -0.05) is 5.16 Å². The Morgan fingerprint density at radius 1 is 1.32 bits per heavy atom. The number of nitrogens with zero attached hydrogens (tertiary/aromatic N) is 4. The molecule has 0 radical (unpaired) electrons. The molecule has 1 aliphatic heterocycles. The van der Waals surface area contributed by atoms with Crippen LogP contribution >= 0.6 is 0 Å². The van der Waals surface area contributed by atoms with Gasteiger partial charge in [-0.05, 0) is 32.9 Å². The van der Waals surface area contributed by atoms with Crippen molar-refractivity contribution in [1.29, 1.82) is 0 Å². The molecule has 1 aromatic rings. The molecule has 0 spiro atoms. The van der Waals surface area contributed by atoms with Crippen LogP contribution in [0, 0.1) is 0 Å². The van der Waals surface area contributed by atoms with Gasteiger partial charge in [0.25, 0.3) is 0 Å². The molecule has 0 atom stereocenters. The van der Waals surface area contributed by atoms with E-state index in [1.54, 1.807) is 11.1 Å². The number of hydrogen-bond acceptors (Lipinski definition) is 6. The number of piperazine rings is 1. The highest BCUT2D eigenvalue weighted by atomic mass is 16.6. The normalized spacial score (nSPS) is 16.1. The second kappa shape index (κ2) is 6.64. The monoisotopic (exact) mass is 306 g/mol. The molecular weight excluding hydrogens is 284 g/mol. The van der Waals surface area contributed by atoms with E-state index in [0.29, 0.717) is 26.2 Å². The maximum atomic E-state index is 12.0. The molecule has 120 valence electrons. The number of anilines is 1.